The Morgan fingerprint density at radius 1 is 1.12 bits per heavy atom. The molecule has 4 heteroatoms. The van der Waals surface area contributed by atoms with Crippen LogP contribution in [0.5, 0.6) is 0 Å². The van der Waals surface area contributed by atoms with Crippen LogP contribution < -0.4 is 0 Å². The lowest BCUT2D eigenvalue weighted by molar-refractivity contribution is -0.124. The number of fused-ring (bicyclic) bond motifs is 1. The number of cyclic esters (lactones) is 1. The fourth-order valence-electron chi connectivity index (χ4n) is 3.71. The largest absolute Gasteiger partial charge is 0.447 e. The Bertz CT molecular complexity index is 857. The van der Waals surface area contributed by atoms with Crippen molar-refractivity contribution in [3.63, 3.8) is 0 Å². The van der Waals surface area contributed by atoms with Crippen LogP contribution in [-0.4, -0.2) is 29.5 Å². The van der Waals surface area contributed by atoms with Gasteiger partial charge in [-0.3, -0.25) is 4.79 Å². The van der Waals surface area contributed by atoms with Crippen LogP contribution in [0.15, 0.2) is 54.6 Å². The molecule has 2 aromatic carbocycles. The number of hydrogen-bond acceptors (Lipinski definition) is 3. The van der Waals surface area contributed by atoms with Crippen molar-refractivity contribution in [2.24, 2.45) is 0 Å². The SMILES string of the molecule is O=C(/C=C/c1ccc2c(c1)CCC2)N1C(=O)OC[C@@H]1Cc1ccccc1. The van der Waals surface area contributed by atoms with E-state index in [4.69, 9.17) is 4.74 Å². The zero-order valence-electron chi connectivity index (χ0n) is 14.6. The summed E-state index contributed by atoms with van der Waals surface area (Å²) in [5.41, 5.74) is 4.84. The fourth-order valence-corrected chi connectivity index (χ4v) is 3.71. The molecule has 2 aliphatic rings. The monoisotopic (exact) mass is 347 g/mol. The number of amides is 2. The van der Waals surface area contributed by atoms with E-state index in [2.05, 4.69) is 12.1 Å². The molecule has 1 fully saturated rings. The highest BCUT2D eigenvalue weighted by Gasteiger charge is 2.36. The van der Waals surface area contributed by atoms with Gasteiger partial charge in [0.25, 0.3) is 5.91 Å². The molecule has 0 spiro atoms. The third-order valence-electron chi connectivity index (χ3n) is 5.05. The lowest BCUT2D eigenvalue weighted by Crippen LogP contribution is -2.39. The van der Waals surface area contributed by atoms with Crippen LogP contribution in [0.25, 0.3) is 6.08 Å². The lowest BCUT2D eigenvalue weighted by atomic mass is 10.1. The van der Waals surface area contributed by atoms with Crippen LogP contribution in [-0.2, 0) is 28.8 Å². The summed E-state index contributed by atoms with van der Waals surface area (Å²) >= 11 is 0. The van der Waals surface area contributed by atoms with E-state index in [0.29, 0.717) is 6.42 Å². The first-order valence-corrected chi connectivity index (χ1v) is 9.04. The van der Waals surface area contributed by atoms with Crippen molar-refractivity contribution in [2.75, 3.05) is 6.61 Å². The predicted molar refractivity (Wildman–Crippen MR) is 99.6 cm³/mol. The van der Waals surface area contributed by atoms with Crippen molar-refractivity contribution in [1.29, 1.82) is 0 Å². The molecule has 0 unspecified atom stereocenters. The normalized spacial score (nSPS) is 19.0. The minimum absolute atomic E-state index is 0.242. The van der Waals surface area contributed by atoms with E-state index in [9.17, 15) is 9.59 Å². The fraction of sp³-hybridized carbons (Fsp3) is 0.273. The van der Waals surface area contributed by atoms with Gasteiger partial charge in [0.05, 0.1) is 6.04 Å². The van der Waals surface area contributed by atoms with Crippen LogP contribution >= 0.6 is 0 Å². The molecule has 2 aromatic rings. The summed E-state index contributed by atoms with van der Waals surface area (Å²) in [7, 11) is 0. The summed E-state index contributed by atoms with van der Waals surface area (Å²) in [6.07, 6.45) is 6.73. The Labute approximate surface area is 153 Å². The highest BCUT2D eigenvalue weighted by molar-refractivity contribution is 6.02. The topological polar surface area (TPSA) is 46.6 Å². The Kier molecular flexibility index (Phi) is 4.57. The molecular weight excluding hydrogens is 326 g/mol. The van der Waals surface area contributed by atoms with Gasteiger partial charge in [-0.15, -0.1) is 0 Å². The van der Waals surface area contributed by atoms with Crippen LogP contribution in [0.1, 0.15) is 28.7 Å². The van der Waals surface area contributed by atoms with Gasteiger partial charge in [-0.2, -0.15) is 0 Å². The summed E-state index contributed by atoms with van der Waals surface area (Å²) in [4.78, 5) is 25.9. The number of imide groups is 1. The van der Waals surface area contributed by atoms with Crippen LogP contribution in [0, 0.1) is 0 Å². The number of carbonyl (C=O) groups is 2. The Balaban J connectivity index is 1.47. The van der Waals surface area contributed by atoms with Crippen molar-refractivity contribution in [1.82, 2.24) is 4.90 Å². The van der Waals surface area contributed by atoms with Crippen molar-refractivity contribution in [3.8, 4) is 0 Å². The second-order valence-electron chi connectivity index (χ2n) is 6.84. The van der Waals surface area contributed by atoms with E-state index in [0.717, 1.165) is 24.0 Å². The minimum atomic E-state index is -0.561. The van der Waals surface area contributed by atoms with Crippen molar-refractivity contribution in [3.05, 3.63) is 76.9 Å². The molecule has 0 saturated carbocycles. The van der Waals surface area contributed by atoms with Gasteiger partial charge >= 0.3 is 6.09 Å². The second-order valence-corrected chi connectivity index (χ2v) is 6.84. The minimum Gasteiger partial charge on any atom is -0.447 e. The number of ether oxygens (including phenoxy) is 1. The molecule has 4 nitrogen and oxygen atoms in total. The molecule has 0 aromatic heterocycles. The van der Waals surface area contributed by atoms with Gasteiger partial charge in [-0.1, -0.05) is 48.5 Å². The van der Waals surface area contributed by atoms with E-state index in [1.165, 1.54) is 28.5 Å². The molecule has 1 aliphatic heterocycles. The average molecular weight is 347 g/mol. The molecule has 1 heterocycles. The molecule has 0 radical (unpaired) electrons. The number of rotatable bonds is 4. The third kappa shape index (κ3) is 3.40. The van der Waals surface area contributed by atoms with Gasteiger partial charge in [0.2, 0.25) is 0 Å². The first kappa shape index (κ1) is 16.6. The van der Waals surface area contributed by atoms with Gasteiger partial charge < -0.3 is 4.74 Å². The zero-order chi connectivity index (χ0) is 17.9. The number of carbonyl (C=O) groups excluding carboxylic acids is 2. The quantitative estimate of drug-likeness (QED) is 0.791. The van der Waals surface area contributed by atoms with E-state index >= 15 is 0 Å². The first-order valence-electron chi connectivity index (χ1n) is 9.04. The maximum Gasteiger partial charge on any atom is 0.417 e. The molecule has 26 heavy (non-hydrogen) atoms. The number of aryl methyl sites for hydroxylation is 2. The van der Waals surface area contributed by atoms with Gasteiger partial charge in [0, 0.05) is 6.08 Å². The molecule has 0 bridgehead atoms. The Hall–Kier alpha value is -2.88. The Morgan fingerprint density at radius 2 is 1.92 bits per heavy atom. The number of hydrogen-bond donors (Lipinski definition) is 0. The standard InChI is InChI=1S/C22H21NO3/c24-21(12-10-17-9-11-18-7-4-8-19(18)13-17)23-20(15-26-22(23)25)14-16-5-2-1-3-6-16/h1-3,5-6,9-13,20H,4,7-8,14-15H2/b12-10+/t20-/m0/s1. The van der Waals surface area contributed by atoms with E-state index < -0.39 is 6.09 Å². The summed E-state index contributed by atoms with van der Waals surface area (Å²) in [5, 5.41) is 0. The third-order valence-corrected chi connectivity index (χ3v) is 5.05. The van der Waals surface area contributed by atoms with Crippen LogP contribution in [0.2, 0.25) is 0 Å². The average Bonchev–Trinajstić information content (AvgIpc) is 3.27. The predicted octanol–water partition coefficient (Wildman–Crippen LogP) is 3.78. The maximum absolute atomic E-state index is 12.6. The first-order chi connectivity index (χ1) is 12.7. The van der Waals surface area contributed by atoms with Gasteiger partial charge in [0.1, 0.15) is 6.61 Å². The highest BCUT2D eigenvalue weighted by atomic mass is 16.6. The van der Waals surface area contributed by atoms with Crippen LogP contribution in [0.4, 0.5) is 4.79 Å². The molecule has 2 amide bonds. The van der Waals surface area contributed by atoms with E-state index in [1.807, 2.05) is 36.4 Å². The van der Waals surface area contributed by atoms with E-state index in [1.54, 1.807) is 6.08 Å². The summed E-state index contributed by atoms with van der Waals surface area (Å²) in [6, 6.07) is 15.9. The summed E-state index contributed by atoms with van der Waals surface area (Å²) < 4.78 is 5.12. The molecule has 1 atom stereocenters. The van der Waals surface area contributed by atoms with Gasteiger partial charge in [0.15, 0.2) is 0 Å². The summed E-state index contributed by atoms with van der Waals surface area (Å²) in [5.74, 6) is -0.325. The van der Waals surface area contributed by atoms with Crippen molar-refractivity contribution >= 4 is 18.1 Å². The van der Waals surface area contributed by atoms with Crippen molar-refractivity contribution in [2.45, 2.75) is 31.7 Å². The van der Waals surface area contributed by atoms with E-state index in [-0.39, 0.29) is 18.6 Å². The van der Waals surface area contributed by atoms with Crippen molar-refractivity contribution < 1.29 is 14.3 Å². The molecule has 0 N–H and O–H groups in total. The molecule has 1 saturated heterocycles. The smallest absolute Gasteiger partial charge is 0.417 e. The van der Waals surface area contributed by atoms with Gasteiger partial charge in [-0.25, -0.2) is 9.69 Å². The van der Waals surface area contributed by atoms with Crippen LogP contribution in [0.3, 0.4) is 0 Å². The summed E-state index contributed by atoms with van der Waals surface area (Å²) in [6.45, 7) is 0.242. The molecular formula is C22H21NO3. The maximum atomic E-state index is 12.6. The second kappa shape index (κ2) is 7.16. The molecule has 1 aliphatic carbocycles. The number of nitrogens with zero attached hydrogens (tertiary/aromatic N) is 1. The molecule has 4 rings (SSSR count). The zero-order valence-corrected chi connectivity index (χ0v) is 14.6. The number of benzene rings is 2. The lowest BCUT2D eigenvalue weighted by Gasteiger charge is -2.18. The van der Waals surface area contributed by atoms with Gasteiger partial charge in [-0.05, 0) is 54.0 Å². The highest BCUT2D eigenvalue weighted by Crippen LogP contribution is 2.23. The molecule has 132 valence electrons. The Morgan fingerprint density at radius 3 is 2.77 bits per heavy atom.